The van der Waals surface area contributed by atoms with Gasteiger partial charge in [0.2, 0.25) is 10.0 Å². The molecule has 2 aromatic rings. The molecule has 0 heterocycles. The van der Waals surface area contributed by atoms with Gasteiger partial charge >= 0.3 is 5.97 Å². The van der Waals surface area contributed by atoms with Gasteiger partial charge in [-0.1, -0.05) is 30.7 Å². The van der Waals surface area contributed by atoms with Crippen molar-refractivity contribution in [3.63, 3.8) is 0 Å². The zero-order valence-corrected chi connectivity index (χ0v) is 15.2. The Balaban J connectivity index is 2.31. The Kier molecular flexibility index (Phi) is 5.64. The number of sulfonamides is 1. The van der Waals surface area contributed by atoms with E-state index in [2.05, 4.69) is 0 Å². The van der Waals surface area contributed by atoms with Crippen molar-refractivity contribution in [2.75, 3.05) is 14.1 Å². The topological polar surface area (TPSA) is 63.7 Å². The summed E-state index contributed by atoms with van der Waals surface area (Å²) in [6.45, 7) is 2.03. The first-order valence-electron chi connectivity index (χ1n) is 7.29. The maximum absolute atomic E-state index is 12.3. The van der Waals surface area contributed by atoms with Crippen LogP contribution in [0.5, 0.6) is 5.75 Å². The average Bonchev–Trinajstić information content (AvgIpc) is 2.55. The summed E-state index contributed by atoms with van der Waals surface area (Å²) < 4.78 is 30.7. The van der Waals surface area contributed by atoms with E-state index in [1.54, 1.807) is 12.1 Å². The summed E-state index contributed by atoms with van der Waals surface area (Å²) in [4.78, 5) is 12.3. The minimum Gasteiger partial charge on any atom is -0.423 e. The van der Waals surface area contributed by atoms with Crippen LogP contribution in [0.1, 0.15) is 22.8 Å². The third kappa shape index (κ3) is 3.95. The summed E-state index contributed by atoms with van der Waals surface area (Å²) >= 11 is 6.03. The molecule has 0 atom stereocenters. The van der Waals surface area contributed by atoms with Gasteiger partial charge < -0.3 is 4.74 Å². The van der Waals surface area contributed by atoms with Crippen LogP contribution in [0.2, 0.25) is 5.02 Å². The van der Waals surface area contributed by atoms with Crippen molar-refractivity contribution in [2.45, 2.75) is 18.2 Å². The van der Waals surface area contributed by atoms with Gasteiger partial charge in [0.15, 0.2) is 0 Å². The zero-order valence-electron chi connectivity index (χ0n) is 13.6. The molecule has 0 saturated carbocycles. The van der Waals surface area contributed by atoms with E-state index in [9.17, 15) is 13.2 Å². The van der Waals surface area contributed by atoms with Crippen LogP contribution in [0.3, 0.4) is 0 Å². The molecule has 0 aromatic heterocycles. The molecule has 5 nitrogen and oxygen atoms in total. The van der Waals surface area contributed by atoms with Crippen molar-refractivity contribution in [2.24, 2.45) is 0 Å². The Labute approximate surface area is 146 Å². The number of hydrogen-bond acceptors (Lipinski definition) is 4. The predicted octanol–water partition coefficient (Wildman–Crippen LogP) is 3.37. The van der Waals surface area contributed by atoms with E-state index in [-0.39, 0.29) is 15.5 Å². The van der Waals surface area contributed by atoms with Crippen molar-refractivity contribution < 1.29 is 17.9 Å². The molecule has 0 bridgehead atoms. The van der Waals surface area contributed by atoms with Gasteiger partial charge in [0.1, 0.15) is 5.75 Å². The molecular formula is C17H18ClNO4S. The maximum Gasteiger partial charge on any atom is 0.345 e. The third-order valence-electron chi connectivity index (χ3n) is 3.48. The number of ether oxygens (including phenoxy) is 1. The summed E-state index contributed by atoms with van der Waals surface area (Å²) in [6.07, 6.45) is 0.879. The first-order chi connectivity index (χ1) is 11.3. The Morgan fingerprint density at radius 1 is 1.12 bits per heavy atom. The highest BCUT2D eigenvalue weighted by Crippen LogP contribution is 2.24. The molecule has 24 heavy (non-hydrogen) atoms. The van der Waals surface area contributed by atoms with Crippen LogP contribution in [0.25, 0.3) is 0 Å². The molecule has 0 aliphatic carbocycles. The molecule has 0 unspecified atom stereocenters. The largest absolute Gasteiger partial charge is 0.423 e. The van der Waals surface area contributed by atoms with E-state index >= 15 is 0 Å². The maximum atomic E-state index is 12.3. The monoisotopic (exact) mass is 367 g/mol. The van der Waals surface area contributed by atoms with Crippen LogP contribution in [0.15, 0.2) is 47.4 Å². The van der Waals surface area contributed by atoms with Gasteiger partial charge in [-0.2, -0.15) is 0 Å². The molecule has 0 saturated heterocycles. The van der Waals surface area contributed by atoms with Crippen molar-refractivity contribution in [3.8, 4) is 5.75 Å². The Hall–Kier alpha value is -1.89. The number of carbonyl (C=O) groups excluding carboxylic acids is 1. The second kappa shape index (κ2) is 7.34. The van der Waals surface area contributed by atoms with Gasteiger partial charge in [0.25, 0.3) is 0 Å². The van der Waals surface area contributed by atoms with Crippen LogP contribution >= 0.6 is 11.6 Å². The number of nitrogens with zero attached hydrogens (tertiary/aromatic N) is 1. The highest BCUT2D eigenvalue weighted by atomic mass is 35.5. The van der Waals surface area contributed by atoms with Crippen LogP contribution in [0, 0.1) is 0 Å². The smallest absolute Gasteiger partial charge is 0.345 e. The third-order valence-corrected chi connectivity index (χ3v) is 5.62. The van der Waals surface area contributed by atoms with Crippen molar-refractivity contribution in [3.05, 3.63) is 58.6 Å². The summed E-state index contributed by atoms with van der Waals surface area (Å²) in [6, 6.07) is 11.0. The van der Waals surface area contributed by atoms with Crippen LogP contribution in [-0.2, 0) is 16.4 Å². The fraction of sp³-hybridized carbons (Fsp3) is 0.235. The lowest BCUT2D eigenvalue weighted by atomic mass is 10.2. The van der Waals surface area contributed by atoms with Crippen molar-refractivity contribution >= 4 is 27.6 Å². The molecule has 0 aliphatic rings. The number of benzene rings is 2. The summed E-state index contributed by atoms with van der Waals surface area (Å²) in [7, 11) is -0.837. The minimum absolute atomic E-state index is 0.000778. The summed E-state index contributed by atoms with van der Waals surface area (Å²) in [5, 5.41) is 0.128. The Morgan fingerprint density at radius 3 is 2.29 bits per heavy atom. The molecule has 0 radical (unpaired) electrons. The van der Waals surface area contributed by atoms with Gasteiger partial charge in [-0.15, -0.1) is 0 Å². The molecule has 0 spiro atoms. The lowest BCUT2D eigenvalue weighted by Crippen LogP contribution is -2.22. The van der Waals surface area contributed by atoms with Gasteiger partial charge in [-0.05, 0) is 42.3 Å². The predicted molar refractivity (Wildman–Crippen MR) is 93.1 cm³/mol. The fourth-order valence-corrected chi connectivity index (χ4v) is 3.11. The number of carbonyl (C=O) groups is 1. The van der Waals surface area contributed by atoms with Crippen molar-refractivity contribution in [1.82, 2.24) is 4.31 Å². The van der Waals surface area contributed by atoms with E-state index in [1.165, 1.54) is 32.3 Å². The Morgan fingerprint density at radius 2 is 1.75 bits per heavy atom. The second-order valence-corrected chi connectivity index (χ2v) is 7.88. The number of aryl methyl sites for hydroxylation is 1. The fourth-order valence-electron chi connectivity index (χ4n) is 1.99. The normalized spacial score (nSPS) is 11.5. The number of halogens is 1. The first kappa shape index (κ1) is 18.4. The van der Waals surface area contributed by atoms with E-state index in [0.29, 0.717) is 5.75 Å². The molecule has 7 heteroatoms. The average molecular weight is 368 g/mol. The van der Waals surface area contributed by atoms with Gasteiger partial charge in [-0.25, -0.2) is 17.5 Å². The van der Waals surface area contributed by atoms with E-state index in [0.717, 1.165) is 16.3 Å². The highest BCUT2D eigenvalue weighted by molar-refractivity contribution is 7.89. The lowest BCUT2D eigenvalue weighted by molar-refractivity contribution is 0.0734. The Bertz CT molecular complexity index is 845. The van der Waals surface area contributed by atoms with E-state index < -0.39 is 16.0 Å². The molecule has 0 N–H and O–H groups in total. The van der Waals surface area contributed by atoms with Gasteiger partial charge in [-0.3, -0.25) is 0 Å². The standard InChI is InChI=1S/C17H18ClNO4S/c1-4-12-5-7-13(8-6-12)23-17(20)15-11-14(9-10-16(15)18)24(21,22)19(2)3/h5-11H,4H2,1-3H3. The number of esters is 1. The van der Waals surface area contributed by atoms with Gasteiger partial charge in [0.05, 0.1) is 15.5 Å². The zero-order chi connectivity index (χ0) is 17.9. The first-order valence-corrected chi connectivity index (χ1v) is 9.10. The summed E-state index contributed by atoms with van der Waals surface area (Å²) in [5.41, 5.74) is 1.12. The van der Waals surface area contributed by atoms with Crippen LogP contribution < -0.4 is 4.74 Å². The molecule has 0 aliphatic heterocycles. The highest BCUT2D eigenvalue weighted by Gasteiger charge is 2.21. The van der Waals surface area contributed by atoms with Crippen LogP contribution in [0.4, 0.5) is 0 Å². The van der Waals surface area contributed by atoms with Gasteiger partial charge in [0, 0.05) is 14.1 Å². The quantitative estimate of drug-likeness (QED) is 0.600. The van der Waals surface area contributed by atoms with Crippen molar-refractivity contribution in [1.29, 1.82) is 0 Å². The van der Waals surface area contributed by atoms with E-state index in [1.807, 2.05) is 19.1 Å². The molecule has 0 amide bonds. The molecule has 2 rings (SSSR count). The lowest BCUT2D eigenvalue weighted by Gasteiger charge is -2.13. The minimum atomic E-state index is -3.66. The molecule has 0 fully saturated rings. The number of hydrogen-bond donors (Lipinski definition) is 0. The number of rotatable bonds is 5. The molecule has 2 aromatic carbocycles. The second-order valence-electron chi connectivity index (χ2n) is 5.32. The molecular weight excluding hydrogens is 350 g/mol. The van der Waals surface area contributed by atoms with E-state index in [4.69, 9.17) is 16.3 Å². The SMILES string of the molecule is CCc1ccc(OC(=O)c2cc(S(=O)(=O)N(C)C)ccc2Cl)cc1. The molecule has 128 valence electrons. The summed E-state index contributed by atoms with van der Waals surface area (Å²) in [5.74, 6) is -0.339. The van der Waals surface area contributed by atoms with Crippen LogP contribution in [-0.4, -0.2) is 32.8 Å².